The van der Waals surface area contributed by atoms with E-state index in [1.54, 1.807) is 0 Å². The Morgan fingerprint density at radius 1 is 0.295 bits per heavy atom. The molecule has 0 heteroatoms. The van der Waals surface area contributed by atoms with Crippen LogP contribution < -0.4 is 0 Å². The Kier molecular flexibility index (Phi) is 6.01. The molecule has 210 valence electrons. The first-order chi connectivity index (χ1) is 21.8. The van der Waals surface area contributed by atoms with Gasteiger partial charge < -0.3 is 0 Å². The molecule has 0 N–H and O–H groups in total. The third-order valence-corrected chi connectivity index (χ3v) is 10.3. The minimum absolute atomic E-state index is 0.215. The molecule has 0 amide bonds. The second kappa shape index (κ2) is 10.4. The van der Waals surface area contributed by atoms with Gasteiger partial charge in [0.05, 0.1) is 0 Å². The van der Waals surface area contributed by atoms with E-state index in [2.05, 4.69) is 146 Å². The highest BCUT2D eigenvalue weighted by Gasteiger charge is 2.32. The summed E-state index contributed by atoms with van der Waals surface area (Å²) in [4.78, 5) is 0. The minimum atomic E-state index is 0.215. The topological polar surface area (TPSA) is 0 Å². The number of hydrogen-bond donors (Lipinski definition) is 0. The number of benzene rings is 5. The average Bonchev–Trinajstić information content (AvgIpc) is 3.89. The number of rotatable bonds is 6. The van der Waals surface area contributed by atoms with Crippen molar-refractivity contribution in [2.45, 2.75) is 37.5 Å². The fourth-order valence-corrected chi connectivity index (χ4v) is 8.27. The summed E-state index contributed by atoms with van der Waals surface area (Å²) >= 11 is 0. The molecule has 0 spiro atoms. The Labute approximate surface area is 260 Å². The van der Waals surface area contributed by atoms with E-state index in [-0.39, 0.29) is 11.8 Å². The fraction of sp³-hybridized carbons (Fsp3) is 0.136. The van der Waals surface area contributed by atoms with Crippen LogP contribution in [0.4, 0.5) is 0 Å². The van der Waals surface area contributed by atoms with Crippen LogP contribution in [0.1, 0.15) is 67.5 Å². The van der Waals surface area contributed by atoms with Gasteiger partial charge in [0.15, 0.2) is 0 Å². The molecule has 4 aliphatic rings. The van der Waals surface area contributed by atoms with Crippen LogP contribution >= 0.6 is 0 Å². The van der Waals surface area contributed by atoms with Crippen LogP contribution in [0.3, 0.4) is 0 Å². The molecule has 0 fully saturated rings. The molecule has 4 aliphatic carbocycles. The second-order valence-electron chi connectivity index (χ2n) is 12.6. The minimum Gasteiger partial charge on any atom is -0.0753 e. The molecule has 0 nitrogen and oxygen atoms in total. The lowest BCUT2D eigenvalue weighted by molar-refractivity contribution is 1.09. The molecule has 0 saturated carbocycles. The van der Waals surface area contributed by atoms with Crippen molar-refractivity contribution in [2.75, 3.05) is 0 Å². The summed E-state index contributed by atoms with van der Waals surface area (Å²) in [5.41, 5.74) is 19.9. The molecule has 5 aromatic carbocycles. The smallest absolute Gasteiger partial charge is 0.0345 e. The lowest BCUT2D eigenvalue weighted by Crippen LogP contribution is -2.07. The zero-order valence-electron chi connectivity index (χ0n) is 24.8. The highest BCUT2D eigenvalue weighted by atomic mass is 14.4. The lowest BCUT2D eigenvalue weighted by Gasteiger charge is -2.26. The van der Waals surface area contributed by atoms with Crippen LogP contribution in [0.25, 0.3) is 22.3 Å². The average molecular weight is 563 g/mol. The molecular weight excluding hydrogens is 528 g/mol. The van der Waals surface area contributed by atoms with Crippen molar-refractivity contribution in [3.05, 3.63) is 201 Å². The normalized spacial score (nSPS) is 15.9. The Hall–Kier alpha value is -4.94. The molecule has 0 bridgehead atoms. The van der Waals surface area contributed by atoms with Crippen molar-refractivity contribution in [2.24, 2.45) is 0 Å². The molecule has 0 radical (unpaired) electrons. The van der Waals surface area contributed by atoms with Gasteiger partial charge >= 0.3 is 0 Å². The summed E-state index contributed by atoms with van der Waals surface area (Å²) in [7, 11) is 0. The molecule has 0 atom stereocenters. The van der Waals surface area contributed by atoms with Gasteiger partial charge in [-0.15, -0.1) is 0 Å². The van der Waals surface area contributed by atoms with Crippen molar-refractivity contribution in [3.63, 3.8) is 0 Å². The quantitative estimate of drug-likeness (QED) is 0.193. The summed E-state index contributed by atoms with van der Waals surface area (Å²) in [5, 5.41) is 0. The number of fused-ring (bicyclic) bond motifs is 4. The van der Waals surface area contributed by atoms with E-state index >= 15 is 0 Å². The van der Waals surface area contributed by atoms with Gasteiger partial charge in [0.1, 0.15) is 0 Å². The predicted molar refractivity (Wildman–Crippen MR) is 184 cm³/mol. The van der Waals surface area contributed by atoms with Gasteiger partial charge in [-0.3, -0.25) is 0 Å². The third kappa shape index (κ3) is 4.05. The molecule has 0 aliphatic heterocycles. The monoisotopic (exact) mass is 562 g/mol. The van der Waals surface area contributed by atoms with Crippen molar-refractivity contribution in [1.82, 2.24) is 0 Å². The Bertz CT molecular complexity index is 1780. The standard InChI is InChI=1S/C44H34/c1-5-13-35-29(9-1)21-25-39(35)43(40-26-22-30-10-2-6-14-36(30)40)33-17-19-34(20-18-33)44(41-27-23-31-11-3-7-15-37(31)41)42-28-24-32-12-4-8-16-38(32)42/h1-20,25-28,43-44H,21-24H2. The molecule has 5 aromatic rings. The van der Waals surface area contributed by atoms with Gasteiger partial charge in [-0.2, -0.15) is 0 Å². The summed E-state index contributed by atoms with van der Waals surface area (Å²) in [5.74, 6) is 0.431. The molecular formula is C44H34. The summed E-state index contributed by atoms with van der Waals surface area (Å²) in [6.45, 7) is 0. The van der Waals surface area contributed by atoms with Gasteiger partial charge in [0.2, 0.25) is 0 Å². The van der Waals surface area contributed by atoms with E-state index in [9.17, 15) is 0 Å². The SMILES string of the molecule is C1=C(C(C2=CCc3ccccc32)c2ccc(C(C3=CCc4ccccc43)C3=CCc4ccccc43)cc2)c2ccccc2C1. The predicted octanol–water partition coefficient (Wildman–Crippen LogP) is 10.4. The molecule has 0 unspecified atom stereocenters. The maximum atomic E-state index is 2.48. The maximum absolute atomic E-state index is 2.48. The molecule has 0 heterocycles. The molecule has 9 rings (SSSR count). The first-order valence-electron chi connectivity index (χ1n) is 16.1. The number of hydrogen-bond acceptors (Lipinski definition) is 0. The van der Waals surface area contributed by atoms with Crippen molar-refractivity contribution >= 4 is 22.3 Å². The van der Waals surface area contributed by atoms with Gasteiger partial charge in [-0.05, 0) is 104 Å². The van der Waals surface area contributed by atoms with E-state index in [1.807, 2.05) is 0 Å². The summed E-state index contributed by atoms with van der Waals surface area (Å²) in [6, 6.07) is 45.7. The van der Waals surface area contributed by atoms with E-state index in [0.29, 0.717) is 0 Å². The number of allylic oxidation sites excluding steroid dienone is 8. The van der Waals surface area contributed by atoms with Gasteiger partial charge in [0, 0.05) is 11.8 Å². The Morgan fingerprint density at radius 2 is 0.545 bits per heavy atom. The van der Waals surface area contributed by atoms with Crippen molar-refractivity contribution in [1.29, 1.82) is 0 Å². The van der Waals surface area contributed by atoms with E-state index in [1.165, 1.54) is 77.9 Å². The fourth-order valence-electron chi connectivity index (χ4n) is 8.27. The van der Waals surface area contributed by atoms with Gasteiger partial charge in [-0.1, -0.05) is 146 Å². The zero-order valence-corrected chi connectivity index (χ0v) is 24.8. The molecule has 44 heavy (non-hydrogen) atoms. The van der Waals surface area contributed by atoms with Crippen LogP contribution in [-0.4, -0.2) is 0 Å². The third-order valence-electron chi connectivity index (χ3n) is 10.3. The van der Waals surface area contributed by atoms with Gasteiger partial charge in [-0.25, -0.2) is 0 Å². The highest BCUT2D eigenvalue weighted by molar-refractivity contribution is 5.94. The van der Waals surface area contributed by atoms with E-state index in [0.717, 1.165) is 25.7 Å². The maximum Gasteiger partial charge on any atom is 0.0345 e. The molecule has 0 aromatic heterocycles. The van der Waals surface area contributed by atoms with Gasteiger partial charge in [0.25, 0.3) is 0 Å². The summed E-state index contributed by atoms with van der Waals surface area (Å²) in [6.07, 6.45) is 14.0. The molecule has 0 saturated heterocycles. The summed E-state index contributed by atoms with van der Waals surface area (Å²) < 4.78 is 0. The lowest BCUT2D eigenvalue weighted by atomic mass is 9.77. The second-order valence-corrected chi connectivity index (χ2v) is 12.6. The Morgan fingerprint density at radius 3 is 0.818 bits per heavy atom. The van der Waals surface area contributed by atoms with Crippen molar-refractivity contribution in [3.8, 4) is 0 Å². The zero-order chi connectivity index (χ0) is 29.0. The first kappa shape index (κ1) is 25.5. The van der Waals surface area contributed by atoms with Crippen LogP contribution in [-0.2, 0) is 25.7 Å². The van der Waals surface area contributed by atoms with Crippen LogP contribution in [0.15, 0.2) is 146 Å². The van der Waals surface area contributed by atoms with Crippen LogP contribution in [0, 0.1) is 0 Å². The first-order valence-corrected chi connectivity index (χ1v) is 16.1. The van der Waals surface area contributed by atoms with Crippen molar-refractivity contribution < 1.29 is 0 Å². The van der Waals surface area contributed by atoms with E-state index in [4.69, 9.17) is 0 Å². The highest BCUT2D eigenvalue weighted by Crippen LogP contribution is 2.51. The van der Waals surface area contributed by atoms with E-state index < -0.39 is 0 Å². The largest absolute Gasteiger partial charge is 0.0753 e. The van der Waals surface area contributed by atoms with Crippen LogP contribution in [0.5, 0.6) is 0 Å². The Balaban J connectivity index is 1.16. The van der Waals surface area contributed by atoms with Crippen LogP contribution in [0.2, 0.25) is 0 Å².